The van der Waals surface area contributed by atoms with E-state index in [9.17, 15) is 14.7 Å². The van der Waals surface area contributed by atoms with Crippen LogP contribution in [0.1, 0.15) is 110 Å². The van der Waals surface area contributed by atoms with Gasteiger partial charge in [-0.1, -0.05) is 64.0 Å². The molecule has 0 bridgehead atoms. The molecule has 2 amide bonds. The van der Waals surface area contributed by atoms with Crippen molar-refractivity contribution in [2.75, 3.05) is 40.0 Å². The molecule has 0 spiro atoms. The summed E-state index contributed by atoms with van der Waals surface area (Å²) < 4.78 is 11.1. The second-order valence-corrected chi connectivity index (χ2v) is 10.4. The highest BCUT2D eigenvalue weighted by molar-refractivity contribution is 5.98. The fraction of sp³-hybridized carbons (Fsp3) is 0.576. The van der Waals surface area contributed by atoms with E-state index in [1.165, 1.54) is 38.5 Å². The van der Waals surface area contributed by atoms with E-state index in [2.05, 4.69) is 12.2 Å². The molecule has 0 unspecified atom stereocenters. The molecule has 0 saturated carbocycles. The second kappa shape index (κ2) is 18.3. The summed E-state index contributed by atoms with van der Waals surface area (Å²) in [4.78, 5) is 27.9. The van der Waals surface area contributed by atoms with Gasteiger partial charge in [0, 0.05) is 32.3 Å². The molecule has 2 rings (SSSR count). The molecule has 0 saturated heterocycles. The molecule has 0 aromatic heterocycles. The van der Waals surface area contributed by atoms with E-state index < -0.39 is 0 Å². The van der Waals surface area contributed by atoms with Crippen LogP contribution in [-0.4, -0.2) is 61.8 Å². The number of nitrogens with zero attached hydrogens (tertiary/aromatic N) is 1. The third-order valence-electron chi connectivity index (χ3n) is 7.22. The summed E-state index contributed by atoms with van der Waals surface area (Å²) in [6, 6.07) is 9.23. The summed E-state index contributed by atoms with van der Waals surface area (Å²) in [5.41, 5.74) is 3.12. The van der Waals surface area contributed by atoms with Gasteiger partial charge in [0.25, 0.3) is 11.8 Å². The third kappa shape index (κ3) is 10.5. The van der Waals surface area contributed by atoms with Crippen molar-refractivity contribution >= 4 is 11.8 Å². The summed E-state index contributed by atoms with van der Waals surface area (Å²) in [7, 11) is 1.60. The monoisotopic (exact) mass is 554 g/mol. The largest absolute Gasteiger partial charge is 0.507 e. The standard InChI is InChI=1S/C33H50N2O5/c1-6-9-10-11-12-13-14-15-19-40-28-17-16-27(29(24-28)32(37)34-18-20-39-5)22-26-21-25(4)31(36)30(23-26)33(38)35(7-2)8-3/h16-17,21,23-24,36H,6-15,18-20,22H2,1-5H3,(H,34,37). The van der Waals surface area contributed by atoms with Gasteiger partial charge in [0.05, 0.1) is 18.8 Å². The minimum absolute atomic E-state index is 0.00268. The summed E-state index contributed by atoms with van der Waals surface area (Å²) in [5, 5.41) is 13.6. The Morgan fingerprint density at radius 1 is 0.875 bits per heavy atom. The number of nitrogens with one attached hydrogen (secondary N) is 1. The molecule has 222 valence electrons. The van der Waals surface area contributed by atoms with Crippen molar-refractivity contribution in [3.8, 4) is 11.5 Å². The first kappa shape index (κ1) is 33.1. The van der Waals surface area contributed by atoms with Crippen LogP contribution in [0.15, 0.2) is 30.3 Å². The molecule has 0 aliphatic rings. The van der Waals surface area contributed by atoms with Gasteiger partial charge in [-0.05, 0) is 68.5 Å². The van der Waals surface area contributed by atoms with Crippen LogP contribution in [0.3, 0.4) is 0 Å². The molecule has 7 heteroatoms. The molecule has 2 N–H and O–H groups in total. The van der Waals surface area contributed by atoms with Crippen molar-refractivity contribution in [3.05, 3.63) is 58.1 Å². The van der Waals surface area contributed by atoms with Crippen LogP contribution in [0.4, 0.5) is 0 Å². The Balaban J connectivity index is 2.18. The Morgan fingerprint density at radius 2 is 1.55 bits per heavy atom. The first-order valence-electron chi connectivity index (χ1n) is 15.0. The Bertz CT molecular complexity index is 1070. The molecule has 0 atom stereocenters. The fourth-order valence-corrected chi connectivity index (χ4v) is 4.82. The van der Waals surface area contributed by atoms with Gasteiger partial charge >= 0.3 is 0 Å². The number of aromatic hydroxyl groups is 1. The lowest BCUT2D eigenvalue weighted by Crippen LogP contribution is -2.30. The summed E-state index contributed by atoms with van der Waals surface area (Å²) in [6.07, 6.45) is 10.3. The SMILES string of the molecule is CCCCCCCCCCOc1ccc(Cc2cc(C)c(O)c(C(=O)N(CC)CC)c2)c(C(=O)NCCOC)c1. The highest BCUT2D eigenvalue weighted by atomic mass is 16.5. The molecule has 40 heavy (non-hydrogen) atoms. The van der Waals surface area contributed by atoms with E-state index in [-0.39, 0.29) is 23.1 Å². The number of carbonyl (C=O) groups is 2. The lowest BCUT2D eigenvalue weighted by Gasteiger charge is -2.20. The van der Waals surface area contributed by atoms with Crippen LogP contribution >= 0.6 is 0 Å². The molecule has 0 heterocycles. The van der Waals surface area contributed by atoms with Gasteiger partial charge in [0.1, 0.15) is 11.5 Å². The number of unbranched alkanes of at least 4 members (excludes halogenated alkanes) is 7. The van der Waals surface area contributed by atoms with Crippen LogP contribution in [-0.2, 0) is 11.2 Å². The number of hydrogen-bond donors (Lipinski definition) is 2. The minimum Gasteiger partial charge on any atom is -0.507 e. The Labute approximate surface area is 241 Å². The number of hydrogen-bond acceptors (Lipinski definition) is 5. The number of carbonyl (C=O) groups excluding carboxylic acids is 2. The average molecular weight is 555 g/mol. The molecule has 0 aliphatic carbocycles. The highest BCUT2D eigenvalue weighted by Crippen LogP contribution is 2.28. The first-order chi connectivity index (χ1) is 19.4. The molecule has 2 aromatic rings. The van der Waals surface area contributed by atoms with E-state index in [1.807, 2.05) is 32.0 Å². The van der Waals surface area contributed by atoms with E-state index in [1.54, 1.807) is 31.1 Å². The normalized spacial score (nSPS) is 10.9. The molecule has 7 nitrogen and oxygen atoms in total. The highest BCUT2D eigenvalue weighted by Gasteiger charge is 2.20. The Hall–Kier alpha value is -3.06. The number of ether oxygens (including phenoxy) is 2. The predicted molar refractivity (Wildman–Crippen MR) is 162 cm³/mol. The maximum atomic E-state index is 13.1. The number of rotatable bonds is 19. The predicted octanol–water partition coefficient (Wildman–Crippen LogP) is 6.67. The molecule has 0 radical (unpaired) electrons. The zero-order valence-corrected chi connectivity index (χ0v) is 25.3. The van der Waals surface area contributed by atoms with Crippen LogP contribution in [0.2, 0.25) is 0 Å². The van der Waals surface area contributed by atoms with Gasteiger partial charge in [0.2, 0.25) is 0 Å². The third-order valence-corrected chi connectivity index (χ3v) is 7.22. The van der Waals surface area contributed by atoms with Crippen LogP contribution in [0, 0.1) is 6.92 Å². The molecule has 2 aromatic carbocycles. The average Bonchev–Trinajstić information content (AvgIpc) is 2.95. The van der Waals surface area contributed by atoms with Gasteiger partial charge in [-0.3, -0.25) is 9.59 Å². The van der Waals surface area contributed by atoms with Crippen molar-refractivity contribution < 1.29 is 24.2 Å². The number of phenolic OH excluding ortho intramolecular Hbond substituents is 1. The first-order valence-corrected chi connectivity index (χ1v) is 15.0. The van der Waals surface area contributed by atoms with Gasteiger partial charge in [-0.15, -0.1) is 0 Å². The smallest absolute Gasteiger partial charge is 0.257 e. The zero-order chi connectivity index (χ0) is 29.3. The Morgan fingerprint density at radius 3 is 2.20 bits per heavy atom. The van der Waals surface area contributed by atoms with Crippen LogP contribution < -0.4 is 10.1 Å². The van der Waals surface area contributed by atoms with Gasteiger partial charge in [0.15, 0.2) is 0 Å². The quantitative estimate of drug-likeness (QED) is 0.189. The van der Waals surface area contributed by atoms with E-state index in [0.29, 0.717) is 56.1 Å². The van der Waals surface area contributed by atoms with Crippen molar-refractivity contribution in [2.45, 2.75) is 85.5 Å². The van der Waals surface area contributed by atoms with Gasteiger partial charge < -0.3 is 24.8 Å². The second-order valence-electron chi connectivity index (χ2n) is 10.4. The minimum atomic E-state index is -0.199. The van der Waals surface area contributed by atoms with Crippen molar-refractivity contribution in [1.82, 2.24) is 10.2 Å². The summed E-state index contributed by atoms with van der Waals surface area (Å²) in [6.45, 7) is 10.4. The topological polar surface area (TPSA) is 88.1 Å². The van der Waals surface area contributed by atoms with E-state index in [4.69, 9.17) is 9.47 Å². The van der Waals surface area contributed by atoms with Crippen molar-refractivity contribution in [2.24, 2.45) is 0 Å². The van der Waals surface area contributed by atoms with Gasteiger partial charge in [-0.2, -0.15) is 0 Å². The molecular formula is C33H50N2O5. The van der Waals surface area contributed by atoms with Crippen molar-refractivity contribution in [3.63, 3.8) is 0 Å². The van der Waals surface area contributed by atoms with Crippen LogP contribution in [0.5, 0.6) is 11.5 Å². The van der Waals surface area contributed by atoms with E-state index in [0.717, 1.165) is 24.0 Å². The van der Waals surface area contributed by atoms with Crippen LogP contribution in [0.25, 0.3) is 0 Å². The number of amides is 2. The summed E-state index contributed by atoms with van der Waals surface area (Å²) in [5.74, 6) is 0.278. The van der Waals surface area contributed by atoms with Gasteiger partial charge in [-0.25, -0.2) is 0 Å². The number of aryl methyl sites for hydroxylation is 1. The number of methoxy groups -OCH3 is 1. The Kier molecular flexibility index (Phi) is 15.2. The molecule has 0 aliphatic heterocycles. The lowest BCUT2D eigenvalue weighted by atomic mass is 9.95. The van der Waals surface area contributed by atoms with E-state index >= 15 is 0 Å². The molecule has 0 fully saturated rings. The zero-order valence-electron chi connectivity index (χ0n) is 25.3. The number of benzene rings is 2. The maximum absolute atomic E-state index is 13.1. The molecular weight excluding hydrogens is 504 g/mol. The van der Waals surface area contributed by atoms with Crippen molar-refractivity contribution in [1.29, 1.82) is 0 Å². The maximum Gasteiger partial charge on any atom is 0.257 e. The lowest BCUT2D eigenvalue weighted by molar-refractivity contribution is 0.0769. The number of phenols is 1. The fourth-order valence-electron chi connectivity index (χ4n) is 4.82. The summed E-state index contributed by atoms with van der Waals surface area (Å²) >= 11 is 0.